The molecule has 0 unspecified atom stereocenters. The van der Waals surface area contributed by atoms with E-state index >= 15 is 0 Å². The second kappa shape index (κ2) is 8.45. The van der Waals surface area contributed by atoms with E-state index in [2.05, 4.69) is 67.5 Å². The molecule has 1 N–H and O–H groups in total. The Morgan fingerprint density at radius 3 is 2.82 bits per heavy atom. The fraction of sp³-hybridized carbons (Fsp3) is 0.429. The summed E-state index contributed by atoms with van der Waals surface area (Å²) in [5, 5.41) is 4.26. The Morgan fingerprint density at radius 1 is 1.15 bits per heavy atom. The molecule has 0 bridgehead atoms. The van der Waals surface area contributed by atoms with Crippen LogP contribution in [0.5, 0.6) is 5.75 Å². The molecule has 0 saturated carbocycles. The van der Waals surface area contributed by atoms with E-state index in [0.29, 0.717) is 13.2 Å². The van der Waals surface area contributed by atoms with Crippen molar-refractivity contribution >= 4 is 16.8 Å². The number of aromatic nitrogens is 1. The van der Waals surface area contributed by atoms with Gasteiger partial charge in [-0.3, -0.25) is 9.78 Å². The van der Waals surface area contributed by atoms with Gasteiger partial charge < -0.3 is 14.8 Å². The molecule has 2 aliphatic heterocycles. The molecule has 2 aliphatic rings. The number of nitrogens with zero attached hydrogens (tertiary/aromatic N) is 1. The number of aryl methyl sites for hydroxylation is 2. The van der Waals surface area contributed by atoms with Crippen molar-refractivity contribution in [2.24, 2.45) is 5.92 Å². The Kier molecular flexibility index (Phi) is 5.61. The Hall–Kier alpha value is -2.92. The molecule has 3 aromatic rings. The summed E-state index contributed by atoms with van der Waals surface area (Å²) in [5.41, 5.74) is 6.43. The minimum Gasteiger partial charge on any atom is -0.487 e. The van der Waals surface area contributed by atoms with Gasteiger partial charge in [-0.2, -0.15) is 0 Å². The first-order valence-corrected chi connectivity index (χ1v) is 11.9. The van der Waals surface area contributed by atoms with Gasteiger partial charge in [0.15, 0.2) is 0 Å². The molecule has 1 saturated heterocycles. The van der Waals surface area contributed by atoms with Crippen molar-refractivity contribution in [1.82, 2.24) is 10.3 Å². The van der Waals surface area contributed by atoms with E-state index in [4.69, 9.17) is 9.47 Å². The number of ether oxygens (including phenoxy) is 2. The van der Waals surface area contributed by atoms with Crippen LogP contribution in [0, 0.1) is 19.8 Å². The average molecular weight is 445 g/mol. The summed E-state index contributed by atoms with van der Waals surface area (Å²) in [5.74, 6) is 1.05. The number of carbonyl (C=O) groups is 1. The predicted octanol–water partition coefficient (Wildman–Crippen LogP) is 5.14. The highest BCUT2D eigenvalue weighted by atomic mass is 16.5. The molecule has 1 aromatic heterocycles. The summed E-state index contributed by atoms with van der Waals surface area (Å²) in [7, 11) is 0. The minimum atomic E-state index is -0.235. The second-order valence-corrected chi connectivity index (χ2v) is 10.1. The number of hydrogen-bond donors (Lipinski definition) is 1. The number of nitrogens with one attached hydrogen (secondary N) is 1. The molecule has 2 aromatic carbocycles. The lowest BCUT2D eigenvalue weighted by atomic mass is 9.88. The van der Waals surface area contributed by atoms with Gasteiger partial charge >= 0.3 is 0 Å². The molecule has 172 valence electrons. The van der Waals surface area contributed by atoms with Crippen molar-refractivity contribution < 1.29 is 14.3 Å². The average Bonchev–Trinajstić information content (AvgIpc) is 3.18. The highest BCUT2D eigenvalue weighted by Crippen LogP contribution is 2.40. The summed E-state index contributed by atoms with van der Waals surface area (Å²) in [6.07, 6.45) is 2.28. The van der Waals surface area contributed by atoms with Crippen LogP contribution in [0.1, 0.15) is 43.5 Å². The standard InChI is InChI=1S/C28H32N2O3/c1-17-11-22-14-23(16-29-27(31)21-9-10-32-28(3,4)15-21)33-26(22)24(12-17)19-7-8-25-20(13-19)6-5-18(2)30-25/h5-8,11-13,21,23H,9-10,14-16H2,1-4H3,(H,29,31)/t21-,23-/m0/s1. The maximum Gasteiger partial charge on any atom is 0.223 e. The van der Waals surface area contributed by atoms with Gasteiger partial charge in [0, 0.05) is 35.6 Å². The van der Waals surface area contributed by atoms with Crippen LogP contribution in [0.25, 0.3) is 22.0 Å². The third-order valence-corrected chi connectivity index (χ3v) is 6.75. The van der Waals surface area contributed by atoms with E-state index in [9.17, 15) is 4.79 Å². The summed E-state index contributed by atoms with van der Waals surface area (Å²) in [6.45, 7) is 9.40. The third-order valence-electron chi connectivity index (χ3n) is 6.75. The van der Waals surface area contributed by atoms with Crippen molar-refractivity contribution in [3.63, 3.8) is 0 Å². The number of pyridine rings is 1. The molecule has 5 rings (SSSR count). The van der Waals surface area contributed by atoms with Gasteiger partial charge in [0.05, 0.1) is 17.7 Å². The molecule has 1 amide bonds. The number of fused-ring (bicyclic) bond motifs is 2. The highest BCUT2D eigenvalue weighted by molar-refractivity contribution is 5.86. The number of rotatable bonds is 4. The zero-order valence-corrected chi connectivity index (χ0v) is 19.9. The van der Waals surface area contributed by atoms with Gasteiger partial charge in [-0.05, 0) is 81.5 Å². The number of hydrogen-bond acceptors (Lipinski definition) is 4. The lowest BCUT2D eigenvalue weighted by molar-refractivity contribution is -0.135. The van der Waals surface area contributed by atoms with Crippen LogP contribution < -0.4 is 10.1 Å². The van der Waals surface area contributed by atoms with Crippen LogP contribution in [0.2, 0.25) is 0 Å². The number of benzene rings is 2. The Morgan fingerprint density at radius 2 is 2.00 bits per heavy atom. The van der Waals surface area contributed by atoms with Crippen LogP contribution >= 0.6 is 0 Å². The minimum absolute atomic E-state index is 0.00480. The van der Waals surface area contributed by atoms with Crippen LogP contribution in [-0.4, -0.2) is 35.7 Å². The third kappa shape index (κ3) is 4.60. The fourth-order valence-electron chi connectivity index (χ4n) is 5.13. The van der Waals surface area contributed by atoms with Gasteiger partial charge in [0.2, 0.25) is 5.91 Å². The lowest BCUT2D eigenvalue weighted by Crippen LogP contribution is -2.43. The molecule has 5 nitrogen and oxygen atoms in total. The topological polar surface area (TPSA) is 60.5 Å². The van der Waals surface area contributed by atoms with Crippen LogP contribution in [0.3, 0.4) is 0 Å². The van der Waals surface area contributed by atoms with Gasteiger partial charge in [0.25, 0.3) is 0 Å². The van der Waals surface area contributed by atoms with E-state index in [-0.39, 0.29) is 23.5 Å². The molecule has 0 spiro atoms. The van der Waals surface area contributed by atoms with Crippen molar-refractivity contribution in [3.8, 4) is 16.9 Å². The molecule has 2 atom stereocenters. The van der Waals surface area contributed by atoms with Crippen LogP contribution in [-0.2, 0) is 16.0 Å². The molecule has 0 aliphatic carbocycles. The molecular formula is C28H32N2O3. The summed E-state index contributed by atoms with van der Waals surface area (Å²) in [4.78, 5) is 17.4. The molecule has 5 heteroatoms. The monoisotopic (exact) mass is 444 g/mol. The Labute approximate surface area is 195 Å². The van der Waals surface area contributed by atoms with Crippen LogP contribution in [0.4, 0.5) is 0 Å². The molecular weight excluding hydrogens is 412 g/mol. The maximum atomic E-state index is 12.8. The first-order valence-electron chi connectivity index (χ1n) is 11.9. The summed E-state index contributed by atoms with van der Waals surface area (Å²) in [6, 6.07) is 14.9. The maximum absolute atomic E-state index is 12.8. The lowest BCUT2D eigenvalue weighted by Gasteiger charge is -2.34. The zero-order chi connectivity index (χ0) is 23.2. The van der Waals surface area contributed by atoms with E-state index in [0.717, 1.165) is 52.7 Å². The van der Waals surface area contributed by atoms with Crippen molar-refractivity contribution in [3.05, 3.63) is 59.3 Å². The fourth-order valence-corrected chi connectivity index (χ4v) is 5.13. The Balaban J connectivity index is 1.32. The zero-order valence-electron chi connectivity index (χ0n) is 19.9. The van der Waals surface area contributed by atoms with E-state index in [1.807, 2.05) is 13.0 Å². The van der Waals surface area contributed by atoms with Gasteiger partial charge in [0.1, 0.15) is 11.9 Å². The predicted molar refractivity (Wildman–Crippen MR) is 131 cm³/mol. The van der Waals surface area contributed by atoms with Gasteiger partial charge in [-0.1, -0.05) is 18.2 Å². The second-order valence-electron chi connectivity index (χ2n) is 10.1. The first kappa shape index (κ1) is 21.9. The molecule has 33 heavy (non-hydrogen) atoms. The quantitative estimate of drug-likeness (QED) is 0.605. The number of amides is 1. The SMILES string of the molecule is Cc1cc2c(c(-c3ccc4nc(C)ccc4c3)c1)O[C@H](CNC(=O)[C@H]1CCOC(C)(C)C1)C2. The van der Waals surface area contributed by atoms with Crippen molar-refractivity contribution in [1.29, 1.82) is 0 Å². The van der Waals surface area contributed by atoms with E-state index < -0.39 is 0 Å². The van der Waals surface area contributed by atoms with Gasteiger partial charge in [-0.25, -0.2) is 0 Å². The number of carbonyl (C=O) groups excluding carboxylic acids is 1. The van der Waals surface area contributed by atoms with E-state index in [1.54, 1.807) is 0 Å². The Bertz CT molecular complexity index is 1220. The summed E-state index contributed by atoms with van der Waals surface area (Å²) < 4.78 is 12.2. The largest absolute Gasteiger partial charge is 0.487 e. The van der Waals surface area contributed by atoms with Gasteiger partial charge in [-0.15, -0.1) is 0 Å². The molecule has 3 heterocycles. The first-order chi connectivity index (χ1) is 15.8. The van der Waals surface area contributed by atoms with E-state index in [1.165, 1.54) is 11.1 Å². The van der Waals surface area contributed by atoms with Crippen molar-refractivity contribution in [2.45, 2.75) is 58.7 Å². The van der Waals surface area contributed by atoms with Crippen LogP contribution in [0.15, 0.2) is 42.5 Å². The molecule has 0 radical (unpaired) electrons. The molecule has 1 fully saturated rings. The highest BCUT2D eigenvalue weighted by Gasteiger charge is 2.34. The van der Waals surface area contributed by atoms with Crippen molar-refractivity contribution in [2.75, 3.05) is 13.2 Å². The normalized spacial score (nSPS) is 21.5. The summed E-state index contributed by atoms with van der Waals surface area (Å²) >= 11 is 0. The smallest absolute Gasteiger partial charge is 0.223 e.